The standard InChI is InChI=1S/C3H3OP.ClH/c1-2-4-5-3-1;/h1-3H;1H. The topological polar surface area (TPSA) is 13.1 Å². The van der Waals surface area contributed by atoms with E-state index >= 15 is 0 Å². The van der Waals surface area contributed by atoms with Gasteiger partial charge >= 0.3 is 0 Å². The summed E-state index contributed by atoms with van der Waals surface area (Å²) >= 11 is 0. The van der Waals surface area contributed by atoms with E-state index in [0.717, 1.165) is 0 Å². The van der Waals surface area contributed by atoms with Gasteiger partial charge in [-0.05, 0) is 0 Å². The Morgan fingerprint density at radius 3 is 2.50 bits per heavy atom. The molecule has 34 valence electrons. The van der Waals surface area contributed by atoms with E-state index < -0.39 is 0 Å². The summed E-state index contributed by atoms with van der Waals surface area (Å²) in [7, 11) is 0.573. The second-order valence-electron chi connectivity index (χ2n) is 0.731. The molecule has 0 amide bonds. The molecule has 0 aliphatic heterocycles. The van der Waals surface area contributed by atoms with Gasteiger partial charge in [-0.1, -0.05) is 0 Å². The van der Waals surface area contributed by atoms with Crippen LogP contribution in [0.2, 0.25) is 0 Å². The number of rotatable bonds is 0. The molecule has 1 unspecified atom stereocenters. The molecule has 6 heavy (non-hydrogen) atoms. The summed E-state index contributed by atoms with van der Waals surface area (Å²) in [5.74, 6) is 1.99. The lowest BCUT2D eigenvalue weighted by atomic mass is 10.8. The first-order valence-corrected chi connectivity index (χ1v) is 2.38. The molecule has 1 atom stereocenters. The molecule has 0 N–H and O–H groups in total. The smallest absolute Gasteiger partial charge is 0.292 e. The molecule has 0 aromatic carbocycles. The highest BCUT2D eigenvalue weighted by molar-refractivity contribution is 7.22. The predicted octanol–water partition coefficient (Wildman–Crippen LogP) is -1.40. The lowest BCUT2D eigenvalue weighted by molar-refractivity contribution is -0.00000141. The fourth-order valence-corrected chi connectivity index (χ4v) is 0.589. The van der Waals surface area contributed by atoms with Crippen LogP contribution in [0, 0.1) is 0 Å². The Morgan fingerprint density at radius 1 is 1.50 bits per heavy atom. The summed E-state index contributed by atoms with van der Waals surface area (Å²) in [6, 6.07) is 1.90. The monoisotopic (exact) mass is 122 g/mol. The van der Waals surface area contributed by atoms with Crippen LogP contribution in [0.25, 0.3) is 0 Å². The molecular formula is C3H4ClOP. The van der Waals surface area contributed by atoms with Crippen LogP contribution in [0.5, 0.6) is 0 Å². The molecule has 0 spiro atoms. The van der Waals surface area contributed by atoms with E-state index in [2.05, 4.69) is 0 Å². The summed E-state index contributed by atoms with van der Waals surface area (Å²) in [5.41, 5.74) is 0. The Hall–Kier alpha value is -0.0000000000000000555. The molecule has 0 radical (unpaired) electrons. The Kier molecular flexibility index (Phi) is 3.20. The molecule has 0 saturated carbocycles. The summed E-state index contributed by atoms with van der Waals surface area (Å²) in [5, 5.41) is 0. The molecule has 1 aromatic heterocycles. The zero-order valence-corrected chi connectivity index (χ0v) is 4.77. The van der Waals surface area contributed by atoms with Crippen molar-refractivity contribution in [2.24, 2.45) is 0 Å². The Balaban J connectivity index is 0.000000250. The minimum Gasteiger partial charge on any atom is -1.00 e. The van der Waals surface area contributed by atoms with E-state index in [9.17, 15) is 0 Å². The zero-order valence-electron chi connectivity index (χ0n) is 3.02. The van der Waals surface area contributed by atoms with Crippen molar-refractivity contribution in [2.75, 3.05) is 0 Å². The Morgan fingerprint density at radius 2 is 2.33 bits per heavy atom. The van der Waals surface area contributed by atoms with Crippen molar-refractivity contribution in [1.82, 2.24) is 0 Å². The SMILES string of the molecule is [Cl-].c1co[pH+]c1. The van der Waals surface area contributed by atoms with Crippen LogP contribution in [0.1, 0.15) is 0 Å². The molecule has 0 bridgehead atoms. The second-order valence-corrected chi connectivity index (χ2v) is 1.54. The first kappa shape index (κ1) is 6.00. The quantitative estimate of drug-likeness (QED) is 0.412. The second kappa shape index (κ2) is 3.20. The van der Waals surface area contributed by atoms with Gasteiger partial charge in [0.1, 0.15) is 0 Å². The average Bonchev–Trinajstić information content (AvgIpc) is 1.76. The maximum absolute atomic E-state index is 4.74. The van der Waals surface area contributed by atoms with Crippen LogP contribution in [0.3, 0.4) is 0 Å². The van der Waals surface area contributed by atoms with Crippen LogP contribution in [-0.4, -0.2) is 0 Å². The van der Waals surface area contributed by atoms with Gasteiger partial charge in [-0.2, -0.15) is 0 Å². The molecule has 0 saturated heterocycles. The van der Waals surface area contributed by atoms with Crippen molar-refractivity contribution >= 4 is 8.43 Å². The molecule has 0 aliphatic rings. The number of hydrogen-bond acceptors (Lipinski definition) is 1. The number of hydrogen-bond donors (Lipinski definition) is 0. The lowest BCUT2D eigenvalue weighted by Gasteiger charge is -1.36. The summed E-state index contributed by atoms with van der Waals surface area (Å²) in [6.45, 7) is 0. The minimum atomic E-state index is 0. The van der Waals surface area contributed by atoms with E-state index in [4.69, 9.17) is 4.20 Å². The van der Waals surface area contributed by atoms with Gasteiger partial charge in [0.05, 0.1) is 0 Å². The van der Waals surface area contributed by atoms with Gasteiger partial charge in [-0.3, -0.25) is 0 Å². The molecule has 1 rings (SSSR count). The molecule has 0 fully saturated rings. The highest BCUT2D eigenvalue weighted by Crippen LogP contribution is 1.99. The van der Waals surface area contributed by atoms with Gasteiger partial charge < -0.3 is 16.6 Å². The van der Waals surface area contributed by atoms with Gasteiger partial charge in [0, 0.05) is 6.07 Å². The van der Waals surface area contributed by atoms with Gasteiger partial charge in [-0.15, -0.1) is 0 Å². The fraction of sp³-hybridized carbons (Fsp3) is 0. The predicted molar refractivity (Wildman–Crippen MR) is 22.6 cm³/mol. The third kappa shape index (κ3) is 1.44. The normalized spacial score (nSPS) is 8.00. The van der Waals surface area contributed by atoms with Crippen molar-refractivity contribution in [3.05, 3.63) is 18.1 Å². The van der Waals surface area contributed by atoms with E-state index in [1.807, 2.05) is 11.9 Å². The van der Waals surface area contributed by atoms with Crippen molar-refractivity contribution < 1.29 is 16.6 Å². The van der Waals surface area contributed by atoms with Gasteiger partial charge in [0.2, 0.25) is 0 Å². The zero-order chi connectivity index (χ0) is 3.54. The van der Waals surface area contributed by atoms with Crippen LogP contribution >= 0.6 is 8.43 Å². The molecular weight excluding hydrogens is 118 g/mol. The molecule has 1 heterocycles. The van der Waals surface area contributed by atoms with Crippen molar-refractivity contribution in [3.63, 3.8) is 0 Å². The third-order valence-corrected chi connectivity index (χ3v) is 0.980. The molecule has 1 nitrogen and oxygen atoms in total. The molecule has 1 aromatic rings. The third-order valence-electron chi connectivity index (χ3n) is 0.379. The first-order valence-electron chi connectivity index (χ1n) is 1.40. The van der Waals surface area contributed by atoms with E-state index in [0.29, 0.717) is 8.43 Å². The van der Waals surface area contributed by atoms with Crippen LogP contribution in [0.4, 0.5) is 0 Å². The van der Waals surface area contributed by atoms with Crippen LogP contribution in [-0.2, 0) is 0 Å². The van der Waals surface area contributed by atoms with Crippen molar-refractivity contribution in [3.8, 4) is 0 Å². The van der Waals surface area contributed by atoms with Crippen LogP contribution in [0.15, 0.2) is 22.3 Å². The maximum atomic E-state index is 4.74. The van der Waals surface area contributed by atoms with Crippen molar-refractivity contribution in [2.45, 2.75) is 0 Å². The summed E-state index contributed by atoms with van der Waals surface area (Å²) < 4.78 is 4.74. The highest BCUT2D eigenvalue weighted by Gasteiger charge is 1.72. The highest BCUT2D eigenvalue weighted by atomic mass is 35.5. The van der Waals surface area contributed by atoms with E-state index in [1.54, 1.807) is 6.26 Å². The number of halogens is 1. The average molecular weight is 122 g/mol. The fourth-order valence-electron chi connectivity index (χ4n) is 0.196. The van der Waals surface area contributed by atoms with Crippen LogP contribution < -0.4 is 12.4 Å². The van der Waals surface area contributed by atoms with Crippen molar-refractivity contribution in [1.29, 1.82) is 0 Å². The molecule has 0 aliphatic carbocycles. The van der Waals surface area contributed by atoms with E-state index in [-0.39, 0.29) is 12.4 Å². The first-order chi connectivity index (χ1) is 2.50. The maximum Gasteiger partial charge on any atom is 0.292 e. The van der Waals surface area contributed by atoms with E-state index in [1.165, 1.54) is 0 Å². The molecule has 3 heteroatoms. The lowest BCUT2D eigenvalue weighted by Crippen LogP contribution is -3.00. The largest absolute Gasteiger partial charge is 1.00 e. The Bertz CT molecular complexity index is 67.3. The van der Waals surface area contributed by atoms with Gasteiger partial charge in [0.15, 0.2) is 12.1 Å². The Labute approximate surface area is 44.0 Å². The minimum absolute atomic E-state index is 0. The van der Waals surface area contributed by atoms with Gasteiger partial charge in [-0.25, -0.2) is 0 Å². The van der Waals surface area contributed by atoms with Gasteiger partial charge in [0.25, 0.3) is 8.43 Å². The summed E-state index contributed by atoms with van der Waals surface area (Å²) in [6.07, 6.45) is 1.69. The summed E-state index contributed by atoms with van der Waals surface area (Å²) in [4.78, 5) is 0.